The lowest BCUT2D eigenvalue weighted by Crippen LogP contribution is -2.39. The summed E-state index contributed by atoms with van der Waals surface area (Å²) in [5, 5.41) is 8.62. The lowest BCUT2D eigenvalue weighted by molar-refractivity contribution is -0.142. The first-order chi connectivity index (χ1) is 37.3. The van der Waals surface area contributed by atoms with Crippen molar-refractivity contribution in [3.05, 3.63) is 93.0 Å². The van der Waals surface area contributed by atoms with E-state index < -0.39 is 195 Å². The van der Waals surface area contributed by atoms with Gasteiger partial charge in [-0.05, 0) is 81.2 Å². The Morgan fingerprint density at radius 1 is 0.926 bits per heavy atom. The van der Waals surface area contributed by atoms with Gasteiger partial charge in [-0.3, -0.25) is 23.5 Å². The van der Waals surface area contributed by atoms with Gasteiger partial charge in [0.1, 0.15) is 38.0 Å². The number of amides is 3. The number of anilines is 1. The second-order valence-corrected chi connectivity index (χ2v) is 25.4. The van der Waals surface area contributed by atoms with Crippen molar-refractivity contribution in [3.8, 4) is 11.1 Å². The number of sulfonamides is 1. The van der Waals surface area contributed by atoms with E-state index in [9.17, 15) is 79.7 Å². The van der Waals surface area contributed by atoms with Crippen LogP contribution in [0.15, 0.2) is 42.5 Å². The van der Waals surface area contributed by atoms with Crippen molar-refractivity contribution >= 4 is 74.1 Å². The number of aryl methyl sites for hydroxylation is 1. The molecule has 446 valence electrons. The minimum Gasteiger partial charge on any atom is -0.447 e. The van der Waals surface area contributed by atoms with E-state index in [1.54, 1.807) is 0 Å². The van der Waals surface area contributed by atoms with E-state index in [4.69, 9.17) is 31.1 Å². The molecule has 21 nitrogen and oxygen atoms in total. The molecule has 35 heteroatoms. The molecule has 0 saturated heterocycles. The average molecular weight is 1240 g/mol. The SMILES string of the molecule is CN(CCOC(=O)N(c1nn(CC(F)(F)F)c2c(-c3ccc(CCC(C)(C)S(C)(=O)=O)nc3[C@H](Cc3cc(F)cc(F)c3)NC(=O)Cn3nc(C(F)(F)F)c([C@H]4CC4CF)c3CF)ccc(Cl)c12)S(C)(=O)=O)C(=O)OCOP(=O)(O)O. The van der Waals surface area contributed by atoms with Gasteiger partial charge in [0, 0.05) is 41.8 Å². The first-order valence-electron chi connectivity index (χ1n) is 23.6. The van der Waals surface area contributed by atoms with E-state index in [1.807, 2.05) is 0 Å². The molecule has 2 aromatic carbocycles. The predicted molar refractivity (Wildman–Crippen MR) is 267 cm³/mol. The second kappa shape index (κ2) is 24.4. The largest absolute Gasteiger partial charge is 0.472 e. The number of likely N-dealkylation sites (N-methyl/N-ethyl adjacent to an activating group) is 1. The lowest BCUT2D eigenvalue weighted by Gasteiger charge is -2.25. The highest BCUT2D eigenvalue weighted by Crippen LogP contribution is 2.52. The number of hydrogen-bond donors (Lipinski definition) is 3. The molecule has 6 rings (SSSR count). The number of carbonyl (C=O) groups is 3. The Kier molecular flexibility index (Phi) is 19.3. The molecule has 81 heavy (non-hydrogen) atoms. The molecule has 3 amide bonds. The fourth-order valence-electron chi connectivity index (χ4n) is 8.43. The van der Waals surface area contributed by atoms with Crippen LogP contribution in [0.3, 0.4) is 0 Å². The van der Waals surface area contributed by atoms with Gasteiger partial charge in [-0.1, -0.05) is 23.7 Å². The third kappa shape index (κ3) is 15.9. The number of fused-ring (bicyclic) bond motifs is 1. The number of nitrogens with zero attached hydrogens (tertiary/aromatic N) is 7. The summed E-state index contributed by atoms with van der Waals surface area (Å²) in [6, 6.07) is 4.94. The summed E-state index contributed by atoms with van der Waals surface area (Å²) in [4.78, 5) is 63.3. The van der Waals surface area contributed by atoms with Crippen LogP contribution in [-0.2, 0) is 82.0 Å². The molecule has 1 aliphatic carbocycles. The highest BCUT2D eigenvalue weighted by Gasteiger charge is 2.49. The minimum absolute atomic E-state index is 0.0160. The number of sulfone groups is 1. The van der Waals surface area contributed by atoms with E-state index >= 15 is 0 Å². The van der Waals surface area contributed by atoms with Crippen molar-refractivity contribution in [2.45, 2.75) is 88.4 Å². The van der Waals surface area contributed by atoms with Crippen LogP contribution in [0.25, 0.3) is 22.0 Å². The number of benzene rings is 2. The molecule has 0 spiro atoms. The second-order valence-electron chi connectivity index (χ2n) is 19.2. The van der Waals surface area contributed by atoms with Crippen LogP contribution in [0, 0.1) is 17.6 Å². The highest BCUT2D eigenvalue weighted by molar-refractivity contribution is 7.92. The van der Waals surface area contributed by atoms with Gasteiger partial charge in [0.05, 0.1) is 57.6 Å². The van der Waals surface area contributed by atoms with Crippen LogP contribution in [0.1, 0.15) is 72.6 Å². The molecule has 1 unspecified atom stereocenters. The average Bonchev–Trinajstić information content (AvgIpc) is 3.88. The van der Waals surface area contributed by atoms with Crippen LogP contribution in [0.2, 0.25) is 5.02 Å². The van der Waals surface area contributed by atoms with Crippen molar-refractivity contribution in [2.75, 3.05) is 50.5 Å². The van der Waals surface area contributed by atoms with Gasteiger partial charge in [-0.2, -0.15) is 40.8 Å². The maximum absolute atomic E-state index is 14.9. The Morgan fingerprint density at radius 2 is 1.57 bits per heavy atom. The Hall–Kier alpha value is -6.12. The van der Waals surface area contributed by atoms with Crippen molar-refractivity contribution in [1.29, 1.82) is 0 Å². The molecule has 1 aliphatic rings. The Bertz CT molecular complexity index is 3470. The fourth-order valence-corrected chi connectivity index (χ4v) is 10.1. The predicted octanol–water partition coefficient (Wildman–Crippen LogP) is 8.24. The van der Waals surface area contributed by atoms with Crippen molar-refractivity contribution in [1.82, 2.24) is 34.8 Å². The lowest BCUT2D eigenvalue weighted by atomic mass is 9.93. The summed E-state index contributed by atoms with van der Waals surface area (Å²) < 4.78 is 221. The molecule has 0 radical (unpaired) electrons. The zero-order chi connectivity index (χ0) is 60.5. The molecular weight excluding hydrogens is 1190 g/mol. The van der Waals surface area contributed by atoms with Gasteiger partial charge >= 0.3 is 32.4 Å². The summed E-state index contributed by atoms with van der Waals surface area (Å²) in [6.07, 6.45) is -13.3. The number of aromatic nitrogens is 5. The zero-order valence-corrected chi connectivity index (χ0v) is 46.3. The molecule has 3 atom stereocenters. The number of hydrogen-bond acceptors (Lipinski definition) is 14. The van der Waals surface area contributed by atoms with Crippen molar-refractivity contribution < 1.29 is 103 Å². The molecule has 3 heterocycles. The molecule has 3 aromatic heterocycles. The Labute approximate surface area is 459 Å². The maximum atomic E-state index is 14.9. The zero-order valence-electron chi connectivity index (χ0n) is 43.0. The number of phosphoric ester groups is 1. The number of alkyl halides is 8. The number of phosphoric acid groups is 1. The number of pyridine rings is 1. The quantitative estimate of drug-likeness (QED) is 0.0315. The monoisotopic (exact) mass is 1240 g/mol. The van der Waals surface area contributed by atoms with E-state index in [1.165, 1.54) is 26.0 Å². The fraction of sp³-hybridized carbons (Fsp3) is 0.478. The number of ether oxygens (including phenoxy) is 2. The number of rotatable bonds is 23. The highest BCUT2D eigenvalue weighted by atomic mass is 35.5. The molecule has 1 saturated carbocycles. The molecule has 3 N–H and O–H groups in total. The van der Waals surface area contributed by atoms with E-state index in [-0.39, 0.29) is 45.1 Å². The first kappa shape index (κ1) is 64.1. The minimum atomic E-state index is -5.22. The molecule has 1 fully saturated rings. The summed E-state index contributed by atoms with van der Waals surface area (Å²) in [5.41, 5.74) is -5.01. The van der Waals surface area contributed by atoms with Gasteiger partial charge in [0.2, 0.25) is 22.7 Å². The van der Waals surface area contributed by atoms with Gasteiger partial charge in [0.25, 0.3) is 0 Å². The normalized spacial score (nSPS) is 15.6. The summed E-state index contributed by atoms with van der Waals surface area (Å²) in [7, 11) is -12.8. The summed E-state index contributed by atoms with van der Waals surface area (Å²) >= 11 is 6.65. The number of nitrogens with one attached hydrogen (secondary N) is 1. The third-order valence-electron chi connectivity index (χ3n) is 12.8. The molecule has 0 bridgehead atoms. The van der Waals surface area contributed by atoms with Crippen LogP contribution < -0.4 is 9.62 Å². The Balaban J connectivity index is 1.54. The maximum Gasteiger partial charge on any atom is 0.472 e. The number of halogens is 11. The first-order valence-corrected chi connectivity index (χ1v) is 29.2. The van der Waals surface area contributed by atoms with Gasteiger partial charge in [-0.15, -0.1) is 0 Å². The van der Waals surface area contributed by atoms with Gasteiger partial charge < -0.3 is 29.5 Å². The van der Waals surface area contributed by atoms with E-state index in [0.29, 0.717) is 21.9 Å². The summed E-state index contributed by atoms with van der Waals surface area (Å²) in [6.45, 7) is -5.84. The molecular formula is C46H50ClF10N8O13PS2. The molecule has 0 aliphatic heterocycles. The van der Waals surface area contributed by atoms with Crippen molar-refractivity contribution in [2.24, 2.45) is 5.92 Å². The van der Waals surface area contributed by atoms with Crippen LogP contribution in [0.4, 0.5) is 59.3 Å². The third-order valence-corrected chi connectivity index (χ3v) is 16.7. The van der Waals surface area contributed by atoms with Gasteiger partial charge in [0.15, 0.2) is 21.3 Å². The van der Waals surface area contributed by atoms with Crippen LogP contribution in [0.5, 0.6) is 0 Å². The van der Waals surface area contributed by atoms with E-state index in [2.05, 4.69) is 24.8 Å². The topological polar surface area (TPSA) is 272 Å². The van der Waals surface area contributed by atoms with Crippen LogP contribution in [-0.4, -0.2) is 131 Å². The van der Waals surface area contributed by atoms with E-state index in [0.717, 1.165) is 37.6 Å². The number of carbonyl (C=O) groups excluding carboxylic acids is 3. The molecule has 5 aromatic rings. The van der Waals surface area contributed by atoms with Gasteiger partial charge in [-0.25, -0.2) is 48.7 Å². The van der Waals surface area contributed by atoms with Crippen LogP contribution >= 0.6 is 19.4 Å². The van der Waals surface area contributed by atoms with Crippen molar-refractivity contribution in [3.63, 3.8) is 0 Å². The Morgan fingerprint density at radius 3 is 2.12 bits per heavy atom. The summed E-state index contributed by atoms with van der Waals surface area (Å²) in [5.74, 6) is -6.69. The smallest absolute Gasteiger partial charge is 0.447 e. The standard InChI is InChI=1S/C46H50ClF10N8O13PS2/c1-44(2,80(4,72)73)11-10-28-6-7-29(38(58-28)33(16-24-14-26(50)18-27(51)15-24)59-35(66)21-63-34(20-49)36(31-17-25(31)19-48)40(60-63)46(55,56)57)30-8-9-32(47)37-39(30)64(22-45(52,53)54)61-41(37)65(81(5,74)75)43(68)76-13-12-62(3)42(67)77-23-78-79(69,70)71/h6-9,14-15,18,25,31,33H,10-13,16-17,19-23H2,1-5H3,(H,59,66)(H2,69,70,71)/t25?,31-,33-/m0/s1.